The van der Waals surface area contributed by atoms with Crippen LogP contribution in [-0.4, -0.2) is 70.3 Å². The van der Waals surface area contributed by atoms with Crippen LogP contribution in [0, 0.1) is 0 Å². The van der Waals surface area contributed by atoms with Gasteiger partial charge in [0.2, 0.25) is 10.0 Å². The second-order valence-electron chi connectivity index (χ2n) is 7.39. The molecule has 0 bridgehead atoms. The van der Waals surface area contributed by atoms with Gasteiger partial charge in [-0.3, -0.25) is 0 Å². The number of nitrogens with zero attached hydrogens (tertiary/aromatic N) is 2. The highest BCUT2D eigenvalue weighted by Crippen LogP contribution is 2.38. The molecule has 1 aromatic heterocycles. The van der Waals surface area contributed by atoms with Crippen molar-refractivity contribution < 1.29 is 32.2 Å². The molecule has 10 nitrogen and oxygen atoms in total. The van der Waals surface area contributed by atoms with Crippen molar-refractivity contribution in [2.24, 2.45) is 0 Å². The summed E-state index contributed by atoms with van der Waals surface area (Å²) in [5.74, 6) is 0.459. The number of hydrogen-bond acceptors (Lipinski definition) is 9. The zero-order valence-corrected chi connectivity index (χ0v) is 19.6. The second kappa shape index (κ2) is 10.1. The molecule has 2 aliphatic rings. The van der Waals surface area contributed by atoms with Crippen LogP contribution in [0.15, 0.2) is 29.3 Å². The number of nitrogens with one attached hydrogen (secondary N) is 1. The lowest BCUT2D eigenvalue weighted by atomic mass is 10.2. The zero-order chi connectivity index (χ0) is 23.4. The minimum Gasteiger partial charge on any atom is -0.489 e. The first kappa shape index (κ1) is 23.6. The fourth-order valence-corrected chi connectivity index (χ4v) is 5.34. The molecule has 0 amide bonds. The minimum atomic E-state index is -3.94. The van der Waals surface area contributed by atoms with Crippen molar-refractivity contribution in [1.82, 2.24) is 9.29 Å². The molecule has 1 aromatic carbocycles. The van der Waals surface area contributed by atoms with Gasteiger partial charge >= 0.3 is 5.97 Å². The predicted octanol–water partition coefficient (Wildman–Crippen LogP) is 2.32. The van der Waals surface area contributed by atoms with Gasteiger partial charge in [0.05, 0.1) is 44.1 Å². The van der Waals surface area contributed by atoms with E-state index in [0.717, 1.165) is 12.0 Å². The molecule has 0 atom stereocenters. The Hall–Kier alpha value is -2.60. The van der Waals surface area contributed by atoms with Gasteiger partial charge in [-0.2, -0.15) is 4.31 Å². The number of carbonyl (C=O) groups excluding carboxylic acids is 1. The fourth-order valence-electron chi connectivity index (χ4n) is 3.50. The summed E-state index contributed by atoms with van der Waals surface area (Å²) >= 11 is 6.36. The van der Waals surface area contributed by atoms with E-state index < -0.39 is 16.0 Å². The molecule has 178 valence electrons. The Morgan fingerprint density at radius 2 is 1.94 bits per heavy atom. The summed E-state index contributed by atoms with van der Waals surface area (Å²) in [6.07, 6.45) is 2.02. The Labute approximate surface area is 196 Å². The Bertz CT molecular complexity index is 1140. The maximum Gasteiger partial charge on any atom is 0.339 e. The van der Waals surface area contributed by atoms with Crippen molar-refractivity contribution in [2.45, 2.75) is 17.9 Å². The maximum atomic E-state index is 13.3. The van der Waals surface area contributed by atoms with Gasteiger partial charge in [-0.1, -0.05) is 11.6 Å². The molecule has 12 heteroatoms. The van der Waals surface area contributed by atoms with Crippen molar-refractivity contribution in [2.75, 3.05) is 51.9 Å². The van der Waals surface area contributed by atoms with Gasteiger partial charge in [0, 0.05) is 32.3 Å². The number of benzene rings is 1. The SMILES string of the molecule is COC(=O)c1cnc(NCc2cc(Cl)c3c(c2)OCCCO3)c(S(=O)(=O)N2CCOCC2)c1. The first-order valence-corrected chi connectivity index (χ1v) is 12.2. The molecule has 4 rings (SSSR count). The number of anilines is 1. The van der Waals surface area contributed by atoms with E-state index in [2.05, 4.69) is 10.3 Å². The van der Waals surface area contributed by atoms with Crippen molar-refractivity contribution in [1.29, 1.82) is 0 Å². The third kappa shape index (κ3) is 5.16. The second-order valence-corrected chi connectivity index (χ2v) is 9.70. The first-order valence-electron chi connectivity index (χ1n) is 10.4. The lowest BCUT2D eigenvalue weighted by Crippen LogP contribution is -2.41. The highest BCUT2D eigenvalue weighted by Gasteiger charge is 2.30. The van der Waals surface area contributed by atoms with Crippen LogP contribution >= 0.6 is 11.6 Å². The van der Waals surface area contributed by atoms with Crippen LogP contribution in [0.2, 0.25) is 5.02 Å². The molecule has 0 unspecified atom stereocenters. The number of methoxy groups -OCH3 is 1. The highest BCUT2D eigenvalue weighted by atomic mass is 35.5. The predicted molar refractivity (Wildman–Crippen MR) is 120 cm³/mol. The van der Waals surface area contributed by atoms with Crippen LogP contribution in [0.1, 0.15) is 22.3 Å². The highest BCUT2D eigenvalue weighted by molar-refractivity contribution is 7.89. The molecule has 0 radical (unpaired) electrons. The summed E-state index contributed by atoms with van der Waals surface area (Å²) in [6.45, 7) is 2.25. The normalized spacial score (nSPS) is 16.7. The number of hydrogen-bond donors (Lipinski definition) is 1. The van der Waals surface area contributed by atoms with E-state index in [4.69, 9.17) is 30.5 Å². The number of morpholine rings is 1. The number of sulfonamides is 1. The van der Waals surface area contributed by atoms with Crippen LogP contribution in [-0.2, 0) is 26.0 Å². The monoisotopic (exact) mass is 497 g/mol. The van der Waals surface area contributed by atoms with Gasteiger partial charge in [0.25, 0.3) is 0 Å². The Morgan fingerprint density at radius 3 is 2.70 bits per heavy atom. The minimum absolute atomic E-state index is 0.0357. The molecule has 1 N–H and O–H groups in total. The number of carbonyl (C=O) groups is 1. The van der Waals surface area contributed by atoms with Gasteiger partial charge in [-0.15, -0.1) is 0 Å². The summed E-state index contributed by atoms with van der Waals surface area (Å²) in [7, 11) is -2.72. The number of ether oxygens (including phenoxy) is 4. The van der Waals surface area contributed by atoms with E-state index in [1.165, 1.54) is 23.7 Å². The standard InChI is InChI=1S/C21H24ClN3O7S/c1-29-21(26)15-11-18(33(27,28)25-3-7-30-8-4-25)20(24-13-15)23-12-14-9-16(22)19-17(10-14)31-5-2-6-32-19/h9-11,13H,2-8,12H2,1H3,(H,23,24). The summed E-state index contributed by atoms with van der Waals surface area (Å²) < 4.78 is 49.4. The molecule has 2 aromatic rings. The van der Waals surface area contributed by atoms with E-state index in [0.29, 0.717) is 42.9 Å². The molecule has 0 saturated carbocycles. The van der Waals surface area contributed by atoms with Gasteiger partial charge in [0.1, 0.15) is 10.7 Å². The third-order valence-electron chi connectivity index (χ3n) is 5.18. The first-order chi connectivity index (χ1) is 15.9. The summed E-state index contributed by atoms with van der Waals surface area (Å²) in [4.78, 5) is 16.1. The van der Waals surface area contributed by atoms with Crippen LogP contribution in [0.3, 0.4) is 0 Å². The molecule has 1 saturated heterocycles. The molecular formula is C21H24ClN3O7S. The van der Waals surface area contributed by atoms with Crippen LogP contribution in [0.25, 0.3) is 0 Å². The van der Waals surface area contributed by atoms with Crippen molar-refractivity contribution in [3.05, 3.63) is 40.5 Å². The summed E-state index contributed by atoms with van der Waals surface area (Å²) in [5, 5.41) is 3.46. The van der Waals surface area contributed by atoms with Crippen molar-refractivity contribution in [3.8, 4) is 11.5 Å². The van der Waals surface area contributed by atoms with Gasteiger partial charge in [-0.05, 0) is 23.8 Å². The number of fused-ring (bicyclic) bond motifs is 1. The molecule has 0 spiro atoms. The number of rotatable bonds is 6. The topological polar surface area (TPSA) is 116 Å². The fraction of sp³-hybridized carbons (Fsp3) is 0.429. The zero-order valence-electron chi connectivity index (χ0n) is 18.0. The average Bonchev–Trinajstić information content (AvgIpc) is 3.08. The lowest BCUT2D eigenvalue weighted by molar-refractivity contribution is 0.0600. The number of halogens is 1. The van der Waals surface area contributed by atoms with Crippen molar-refractivity contribution >= 4 is 33.4 Å². The van der Waals surface area contributed by atoms with E-state index >= 15 is 0 Å². The van der Waals surface area contributed by atoms with E-state index in [1.54, 1.807) is 12.1 Å². The molecular weight excluding hydrogens is 474 g/mol. The lowest BCUT2D eigenvalue weighted by Gasteiger charge is -2.27. The van der Waals surface area contributed by atoms with Gasteiger partial charge < -0.3 is 24.3 Å². The summed E-state index contributed by atoms with van der Waals surface area (Å²) in [6, 6.07) is 4.78. The van der Waals surface area contributed by atoms with Crippen LogP contribution in [0.4, 0.5) is 5.82 Å². The quantitative estimate of drug-likeness (QED) is 0.600. The largest absolute Gasteiger partial charge is 0.489 e. The number of esters is 1. The Kier molecular flexibility index (Phi) is 7.23. The third-order valence-corrected chi connectivity index (χ3v) is 7.38. The Balaban J connectivity index is 1.64. The number of aromatic nitrogens is 1. The van der Waals surface area contributed by atoms with Crippen LogP contribution < -0.4 is 14.8 Å². The molecule has 1 fully saturated rings. The maximum absolute atomic E-state index is 13.3. The van der Waals surface area contributed by atoms with Crippen LogP contribution in [0.5, 0.6) is 11.5 Å². The molecule has 0 aliphatic carbocycles. The molecule has 3 heterocycles. The molecule has 2 aliphatic heterocycles. The van der Waals surface area contributed by atoms with Gasteiger partial charge in [-0.25, -0.2) is 18.2 Å². The smallest absolute Gasteiger partial charge is 0.339 e. The van der Waals surface area contributed by atoms with Crippen molar-refractivity contribution in [3.63, 3.8) is 0 Å². The van der Waals surface area contributed by atoms with Gasteiger partial charge in [0.15, 0.2) is 11.5 Å². The molecule has 33 heavy (non-hydrogen) atoms. The summed E-state index contributed by atoms with van der Waals surface area (Å²) in [5.41, 5.74) is 0.784. The number of pyridine rings is 1. The van der Waals surface area contributed by atoms with E-state index in [9.17, 15) is 13.2 Å². The van der Waals surface area contributed by atoms with E-state index in [1.807, 2.05) is 0 Å². The van der Waals surface area contributed by atoms with E-state index in [-0.39, 0.29) is 35.9 Å². The Morgan fingerprint density at radius 1 is 1.18 bits per heavy atom. The average molecular weight is 498 g/mol.